The Morgan fingerprint density at radius 2 is 2.15 bits per heavy atom. The molecule has 0 spiro atoms. The van der Waals surface area contributed by atoms with Gasteiger partial charge in [0.1, 0.15) is 6.61 Å². The summed E-state index contributed by atoms with van der Waals surface area (Å²) >= 11 is 0. The monoisotopic (exact) mass is 181 g/mol. The standard InChI is InChI=1S/C10H12FNO/c1-8(6-12)7-13-10-5-3-2-4-9(10)11/h2-5H,1,6-7,12H2. The minimum absolute atomic E-state index is 0.233. The van der Waals surface area contributed by atoms with Crippen molar-refractivity contribution >= 4 is 0 Å². The van der Waals surface area contributed by atoms with Gasteiger partial charge in [-0.05, 0) is 17.7 Å². The highest BCUT2D eigenvalue weighted by molar-refractivity contribution is 5.24. The Hall–Kier alpha value is -1.35. The molecule has 0 aliphatic heterocycles. The van der Waals surface area contributed by atoms with E-state index >= 15 is 0 Å². The van der Waals surface area contributed by atoms with Crippen LogP contribution >= 0.6 is 0 Å². The molecule has 0 fully saturated rings. The molecule has 0 heterocycles. The molecule has 13 heavy (non-hydrogen) atoms. The van der Waals surface area contributed by atoms with Crippen LogP contribution in [-0.4, -0.2) is 13.2 Å². The molecule has 0 saturated carbocycles. The molecule has 0 saturated heterocycles. The summed E-state index contributed by atoms with van der Waals surface area (Å²) in [5.41, 5.74) is 6.04. The molecule has 70 valence electrons. The van der Waals surface area contributed by atoms with E-state index in [0.29, 0.717) is 6.54 Å². The second-order valence-electron chi connectivity index (χ2n) is 2.67. The van der Waals surface area contributed by atoms with Gasteiger partial charge in [0.05, 0.1) is 0 Å². The van der Waals surface area contributed by atoms with Crippen molar-refractivity contribution in [2.45, 2.75) is 0 Å². The Morgan fingerprint density at radius 1 is 1.46 bits per heavy atom. The molecule has 0 atom stereocenters. The van der Waals surface area contributed by atoms with Crippen LogP contribution in [-0.2, 0) is 0 Å². The molecule has 3 heteroatoms. The van der Waals surface area contributed by atoms with Crippen LogP contribution in [0.3, 0.4) is 0 Å². The lowest BCUT2D eigenvalue weighted by molar-refractivity contribution is 0.331. The van der Waals surface area contributed by atoms with Gasteiger partial charge in [-0.25, -0.2) is 4.39 Å². The van der Waals surface area contributed by atoms with E-state index in [-0.39, 0.29) is 18.2 Å². The quantitative estimate of drug-likeness (QED) is 0.718. The van der Waals surface area contributed by atoms with E-state index in [1.807, 2.05) is 0 Å². The van der Waals surface area contributed by atoms with E-state index in [1.165, 1.54) is 6.07 Å². The smallest absolute Gasteiger partial charge is 0.165 e. The van der Waals surface area contributed by atoms with Crippen LogP contribution in [0.4, 0.5) is 4.39 Å². The molecule has 1 rings (SSSR count). The first kappa shape index (κ1) is 9.74. The fraction of sp³-hybridized carbons (Fsp3) is 0.200. The molecule has 0 amide bonds. The van der Waals surface area contributed by atoms with Gasteiger partial charge in [0.25, 0.3) is 0 Å². The van der Waals surface area contributed by atoms with Crippen molar-refractivity contribution in [1.29, 1.82) is 0 Å². The van der Waals surface area contributed by atoms with Crippen molar-refractivity contribution < 1.29 is 9.13 Å². The Balaban J connectivity index is 2.54. The SMILES string of the molecule is C=C(CN)COc1ccccc1F. The Morgan fingerprint density at radius 3 is 2.77 bits per heavy atom. The van der Waals surface area contributed by atoms with Gasteiger partial charge in [-0.2, -0.15) is 0 Å². The highest BCUT2D eigenvalue weighted by atomic mass is 19.1. The maximum Gasteiger partial charge on any atom is 0.165 e. The minimum atomic E-state index is -0.368. The highest BCUT2D eigenvalue weighted by Crippen LogP contribution is 2.15. The number of nitrogens with two attached hydrogens (primary N) is 1. The van der Waals surface area contributed by atoms with Crippen molar-refractivity contribution in [2.24, 2.45) is 5.73 Å². The molecule has 1 aromatic rings. The first-order valence-electron chi connectivity index (χ1n) is 3.98. The molecule has 0 unspecified atom stereocenters. The number of para-hydroxylation sites is 1. The van der Waals surface area contributed by atoms with Crippen molar-refractivity contribution in [1.82, 2.24) is 0 Å². The summed E-state index contributed by atoms with van der Waals surface area (Å²) in [5, 5.41) is 0. The van der Waals surface area contributed by atoms with E-state index < -0.39 is 0 Å². The number of rotatable bonds is 4. The Kier molecular flexibility index (Phi) is 3.46. The first-order chi connectivity index (χ1) is 6.24. The van der Waals surface area contributed by atoms with E-state index in [4.69, 9.17) is 10.5 Å². The fourth-order valence-electron chi connectivity index (χ4n) is 0.801. The zero-order valence-electron chi connectivity index (χ0n) is 7.29. The van der Waals surface area contributed by atoms with E-state index in [1.54, 1.807) is 18.2 Å². The summed E-state index contributed by atoms with van der Waals surface area (Å²) in [6.45, 7) is 4.26. The molecule has 0 aliphatic rings. The van der Waals surface area contributed by atoms with Gasteiger partial charge >= 0.3 is 0 Å². The number of benzene rings is 1. The average Bonchev–Trinajstić information content (AvgIpc) is 2.16. The normalized spacial score (nSPS) is 9.69. The maximum atomic E-state index is 13.0. The summed E-state index contributed by atoms with van der Waals surface area (Å²) < 4.78 is 18.1. The molecular formula is C10H12FNO. The average molecular weight is 181 g/mol. The van der Waals surface area contributed by atoms with E-state index in [0.717, 1.165) is 5.57 Å². The molecule has 0 aliphatic carbocycles. The predicted molar refractivity (Wildman–Crippen MR) is 50.1 cm³/mol. The summed E-state index contributed by atoms with van der Waals surface area (Å²) in [4.78, 5) is 0. The third kappa shape index (κ3) is 2.87. The lowest BCUT2D eigenvalue weighted by Crippen LogP contribution is -2.10. The summed E-state index contributed by atoms with van der Waals surface area (Å²) in [5.74, 6) is -0.135. The lowest BCUT2D eigenvalue weighted by Gasteiger charge is -2.07. The summed E-state index contributed by atoms with van der Waals surface area (Å²) in [6.07, 6.45) is 0. The van der Waals surface area contributed by atoms with Crippen LogP contribution in [0.15, 0.2) is 36.4 Å². The zero-order valence-corrected chi connectivity index (χ0v) is 7.29. The van der Waals surface area contributed by atoms with Crippen molar-refractivity contribution in [3.05, 3.63) is 42.2 Å². The van der Waals surface area contributed by atoms with Gasteiger partial charge in [0.15, 0.2) is 11.6 Å². The molecule has 1 aromatic carbocycles. The second-order valence-corrected chi connectivity index (χ2v) is 2.67. The molecule has 2 N–H and O–H groups in total. The molecule has 2 nitrogen and oxygen atoms in total. The van der Waals surface area contributed by atoms with Gasteiger partial charge in [-0.15, -0.1) is 0 Å². The fourth-order valence-corrected chi connectivity index (χ4v) is 0.801. The molecular weight excluding hydrogens is 169 g/mol. The first-order valence-corrected chi connectivity index (χ1v) is 3.98. The van der Waals surface area contributed by atoms with Gasteiger partial charge in [0.2, 0.25) is 0 Å². The van der Waals surface area contributed by atoms with Crippen LogP contribution in [0, 0.1) is 5.82 Å². The summed E-state index contributed by atoms with van der Waals surface area (Å²) in [7, 11) is 0. The molecule has 0 aromatic heterocycles. The maximum absolute atomic E-state index is 13.0. The largest absolute Gasteiger partial charge is 0.486 e. The number of ether oxygens (including phenoxy) is 1. The number of halogens is 1. The van der Waals surface area contributed by atoms with Crippen LogP contribution in [0.2, 0.25) is 0 Å². The Bertz CT molecular complexity index is 299. The van der Waals surface area contributed by atoms with Gasteiger partial charge in [-0.3, -0.25) is 0 Å². The summed E-state index contributed by atoms with van der Waals surface area (Å²) in [6, 6.07) is 6.24. The number of hydrogen-bond donors (Lipinski definition) is 1. The van der Waals surface area contributed by atoms with E-state index in [2.05, 4.69) is 6.58 Å². The third-order valence-corrected chi connectivity index (χ3v) is 1.56. The molecule has 0 bridgehead atoms. The molecule has 0 radical (unpaired) electrons. The van der Waals surface area contributed by atoms with Crippen molar-refractivity contribution in [3.63, 3.8) is 0 Å². The van der Waals surface area contributed by atoms with Crippen LogP contribution in [0.5, 0.6) is 5.75 Å². The third-order valence-electron chi connectivity index (χ3n) is 1.56. The van der Waals surface area contributed by atoms with Crippen LogP contribution < -0.4 is 10.5 Å². The lowest BCUT2D eigenvalue weighted by atomic mass is 10.3. The number of hydrogen-bond acceptors (Lipinski definition) is 2. The topological polar surface area (TPSA) is 35.2 Å². The second kappa shape index (κ2) is 4.62. The van der Waals surface area contributed by atoms with E-state index in [9.17, 15) is 4.39 Å². The van der Waals surface area contributed by atoms with Gasteiger partial charge in [-0.1, -0.05) is 18.7 Å². The van der Waals surface area contributed by atoms with Gasteiger partial charge < -0.3 is 10.5 Å². The predicted octanol–water partition coefficient (Wildman–Crippen LogP) is 1.72. The highest BCUT2D eigenvalue weighted by Gasteiger charge is 2.00. The minimum Gasteiger partial charge on any atom is -0.486 e. The Labute approximate surface area is 76.8 Å². The zero-order chi connectivity index (χ0) is 9.68. The van der Waals surface area contributed by atoms with Crippen LogP contribution in [0.25, 0.3) is 0 Å². The van der Waals surface area contributed by atoms with Crippen molar-refractivity contribution in [2.75, 3.05) is 13.2 Å². The van der Waals surface area contributed by atoms with Gasteiger partial charge in [0, 0.05) is 6.54 Å². The van der Waals surface area contributed by atoms with Crippen LogP contribution in [0.1, 0.15) is 0 Å². The van der Waals surface area contributed by atoms with Crippen molar-refractivity contribution in [3.8, 4) is 5.75 Å².